The number of anilines is 1. The van der Waals surface area contributed by atoms with Crippen molar-refractivity contribution in [1.29, 1.82) is 0 Å². The molecule has 1 aromatic rings. The van der Waals surface area contributed by atoms with Crippen molar-refractivity contribution < 1.29 is 0 Å². The van der Waals surface area contributed by atoms with E-state index in [1.165, 1.54) is 24.2 Å². The molecule has 0 aromatic heterocycles. The van der Waals surface area contributed by atoms with Crippen LogP contribution >= 0.6 is 0 Å². The van der Waals surface area contributed by atoms with Gasteiger partial charge in [-0.1, -0.05) is 19.1 Å². The quantitative estimate of drug-likeness (QED) is 0.878. The lowest BCUT2D eigenvalue weighted by atomic mass is 10.1. The van der Waals surface area contributed by atoms with Gasteiger partial charge >= 0.3 is 0 Å². The van der Waals surface area contributed by atoms with E-state index in [2.05, 4.69) is 67.3 Å². The number of nitrogens with one attached hydrogen (secondary N) is 1. The van der Waals surface area contributed by atoms with Crippen molar-refractivity contribution in [3.63, 3.8) is 0 Å². The predicted molar refractivity (Wildman–Crippen MR) is 82.8 cm³/mol. The number of nitrogens with zero attached hydrogens (tertiary/aromatic N) is 2. The number of benzene rings is 1. The first-order valence-electron chi connectivity index (χ1n) is 7.36. The first-order chi connectivity index (χ1) is 9.11. The van der Waals surface area contributed by atoms with Gasteiger partial charge in [0.15, 0.2) is 0 Å². The molecule has 0 amide bonds. The zero-order valence-electron chi connectivity index (χ0n) is 12.7. The minimum absolute atomic E-state index is 0.437. The number of likely N-dealkylation sites (N-methyl/N-ethyl adjacent to an activating group) is 1. The summed E-state index contributed by atoms with van der Waals surface area (Å²) in [5.74, 6) is 0. The van der Waals surface area contributed by atoms with E-state index >= 15 is 0 Å². The van der Waals surface area contributed by atoms with Crippen LogP contribution in [0.15, 0.2) is 24.3 Å². The van der Waals surface area contributed by atoms with Crippen molar-refractivity contribution in [2.75, 3.05) is 38.6 Å². The highest BCUT2D eigenvalue weighted by atomic mass is 15.2. The van der Waals surface area contributed by atoms with E-state index in [0.717, 1.165) is 13.1 Å². The summed E-state index contributed by atoms with van der Waals surface area (Å²) in [5, 5.41) is 3.45. The summed E-state index contributed by atoms with van der Waals surface area (Å²) < 4.78 is 0. The molecular weight excluding hydrogens is 234 g/mol. The fraction of sp³-hybridized carbons (Fsp3) is 0.625. The van der Waals surface area contributed by atoms with Crippen LogP contribution in [0.4, 0.5) is 5.69 Å². The minimum atomic E-state index is 0.437. The van der Waals surface area contributed by atoms with Crippen molar-refractivity contribution >= 4 is 5.69 Å². The molecule has 3 nitrogen and oxygen atoms in total. The summed E-state index contributed by atoms with van der Waals surface area (Å²) in [6.45, 7) is 7.70. The minimum Gasteiger partial charge on any atom is -0.370 e. The molecule has 1 heterocycles. The van der Waals surface area contributed by atoms with Gasteiger partial charge in [-0.25, -0.2) is 0 Å². The topological polar surface area (TPSA) is 18.5 Å². The van der Waals surface area contributed by atoms with E-state index in [0.29, 0.717) is 12.1 Å². The van der Waals surface area contributed by atoms with Gasteiger partial charge in [0.05, 0.1) is 0 Å². The molecule has 2 rings (SSSR count). The smallest absolute Gasteiger partial charge is 0.0366 e. The van der Waals surface area contributed by atoms with Crippen molar-refractivity contribution in [2.45, 2.75) is 32.4 Å². The molecule has 1 saturated heterocycles. The van der Waals surface area contributed by atoms with Gasteiger partial charge < -0.3 is 15.1 Å². The lowest BCUT2D eigenvalue weighted by Gasteiger charge is -2.22. The Labute approximate surface area is 117 Å². The lowest BCUT2D eigenvalue weighted by Crippen LogP contribution is -2.31. The molecule has 0 aliphatic carbocycles. The van der Waals surface area contributed by atoms with Crippen LogP contribution in [0.2, 0.25) is 0 Å². The largest absolute Gasteiger partial charge is 0.370 e. The van der Waals surface area contributed by atoms with E-state index in [4.69, 9.17) is 0 Å². The van der Waals surface area contributed by atoms with Gasteiger partial charge in [0, 0.05) is 30.9 Å². The Kier molecular flexibility index (Phi) is 4.83. The van der Waals surface area contributed by atoms with Crippen LogP contribution in [0.5, 0.6) is 0 Å². The van der Waals surface area contributed by atoms with Crippen LogP contribution in [0.25, 0.3) is 0 Å². The average molecular weight is 261 g/mol. The zero-order valence-corrected chi connectivity index (χ0v) is 12.7. The van der Waals surface area contributed by atoms with Gasteiger partial charge in [-0.05, 0) is 51.7 Å². The Bertz CT molecular complexity index is 385. The second-order valence-corrected chi connectivity index (χ2v) is 5.72. The second-order valence-electron chi connectivity index (χ2n) is 5.72. The Morgan fingerprint density at radius 1 is 1.32 bits per heavy atom. The fourth-order valence-electron chi connectivity index (χ4n) is 2.80. The third-order valence-corrected chi connectivity index (χ3v) is 4.16. The summed E-state index contributed by atoms with van der Waals surface area (Å²) in [7, 11) is 4.35. The first-order valence-corrected chi connectivity index (χ1v) is 7.36. The highest BCUT2D eigenvalue weighted by Gasteiger charge is 2.23. The Morgan fingerprint density at radius 2 is 2.00 bits per heavy atom. The summed E-state index contributed by atoms with van der Waals surface area (Å²) in [4.78, 5) is 4.83. The van der Waals surface area contributed by atoms with E-state index in [1.54, 1.807) is 0 Å². The normalized spacial score (nSPS) is 21.1. The molecule has 19 heavy (non-hydrogen) atoms. The summed E-state index contributed by atoms with van der Waals surface area (Å²) >= 11 is 0. The zero-order chi connectivity index (χ0) is 13.8. The van der Waals surface area contributed by atoms with Crippen LogP contribution in [0.1, 0.15) is 31.9 Å². The average Bonchev–Trinajstić information content (AvgIpc) is 2.89. The standard InChI is InChI=1S/C16H27N3/c1-5-17-13(2)14-6-8-15(9-7-14)19-11-10-16(12-19)18(3)4/h6-9,13,16-17H,5,10-12H2,1-4H3. The van der Waals surface area contributed by atoms with Gasteiger partial charge in [-0.15, -0.1) is 0 Å². The molecule has 0 radical (unpaired) electrons. The van der Waals surface area contributed by atoms with Crippen LogP contribution in [0, 0.1) is 0 Å². The second kappa shape index (κ2) is 6.40. The lowest BCUT2D eigenvalue weighted by molar-refractivity contribution is 0.315. The SMILES string of the molecule is CCNC(C)c1ccc(N2CCC(N(C)C)C2)cc1. The maximum absolute atomic E-state index is 3.45. The van der Waals surface area contributed by atoms with E-state index in [1.807, 2.05) is 0 Å². The van der Waals surface area contributed by atoms with E-state index < -0.39 is 0 Å². The van der Waals surface area contributed by atoms with Crippen LogP contribution in [0.3, 0.4) is 0 Å². The molecule has 0 saturated carbocycles. The molecule has 2 unspecified atom stereocenters. The molecule has 0 spiro atoms. The molecule has 1 fully saturated rings. The molecule has 2 atom stereocenters. The number of hydrogen-bond donors (Lipinski definition) is 1. The highest BCUT2D eigenvalue weighted by Crippen LogP contribution is 2.24. The fourth-order valence-corrected chi connectivity index (χ4v) is 2.80. The molecule has 0 bridgehead atoms. The molecule has 1 N–H and O–H groups in total. The highest BCUT2D eigenvalue weighted by molar-refractivity contribution is 5.49. The van der Waals surface area contributed by atoms with Gasteiger partial charge in [0.2, 0.25) is 0 Å². The van der Waals surface area contributed by atoms with Crippen LogP contribution in [-0.2, 0) is 0 Å². The van der Waals surface area contributed by atoms with Crippen LogP contribution in [-0.4, -0.2) is 44.7 Å². The Hall–Kier alpha value is -1.06. The van der Waals surface area contributed by atoms with Gasteiger partial charge in [0.25, 0.3) is 0 Å². The van der Waals surface area contributed by atoms with E-state index in [9.17, 15) is 0 Å². The van der Waals surface area contributed by atoms with E-state index in [-0.39, 0.29) is 0 Å². The summed E-state index contributed by atoms with van der Waals surface area (Å²) in [5.41, 5.74) is 2.73. The number of hydrogen-bond acceptors (Lipinski definition) is 3. The van der Waals surface area contributed by atoms with Crippen LogP contribution < -0.4 is 10.2 Å². The van der Waals surface area contributed by atoms with Crippen molar-refractivity contribution in [3.8, 4) is 0 Å². The third kappa shape index (κ3) is 3.48. The maximum atomic E-state index is 3.45. The third-order valence-electron chi connectivity index (χ3n) is 4.16. The molecule has 1 aliphatic heterocycles. The summed E-state index contributed by atoms with van der Waals surface area (Å²) in [6.07, 6.45) is 1.27. The predicted octanol–water partition coefficient (Wildman–Crippen LogP) is 2.50. The molecule has 106 valence electrons. The van der Waals surface area contributed by atoms with Crippen molar-refractivity contribution in [2.24, 2.45) is 0 Å². The molecule has 1 aliphatic rings. The Morgan fingerprint density at radius 3 is 2.53 bits per heavy atom. The number of rotatable bonds is 5. The first kappa shape index (κ1) is 14.4. The monoisotopic (exact) mass is 261 g/mol. The molecule has 3 heteroatoms. The maximum Gasteiger partial charge on any atom is 0.0366 e. The van der Waals surface area contributed by atoms with Gasteiger partial charge in [0.1, 0.15) is 0 Å². The van der Waals surface area contributed by atoms with Gasteiger partial charge in [-0.2, -0.15) is 0 Å². The summed E-state index contributed by atoms with van der Waals surface area (Å²) in [6, 6.07) is 10.2. The van der Waals surface area contributed by atoms with Crippen molar-refractivity contribution in [3.05, 3.63) is 29.8 Å². The Balaban J connectivity index is 1.99. The van der Waals surface area contributed by atoms with Crippen molar-refractivity contribution in [1.82, 2.24) is 10.2 Å². The molecule has 1 aromatic carbocycles. The van der Waals surface area contributed by atoms with Gasteiger partial charge in [-0.3, -0.25) is 0 Å². The molecular formula is C16H27N3.